The van der Waals surface area contributed by atoms with Gasteiger partial charge in [-0.15, -0.1) is 0 Å². The molecule has 0 fully saturated rings. The fourth-order valence-electron chi connectivity index (χ4n) is 0.258. The number of carboxylic acids is 1. The summed E-state index contributed by atoms with van der Waals surface area (Å²) in [5.41, 5.74) is 0. The molecular formula is C6H14O5S. The molecule has 0 spiro atoms. The molecule has 0 atom stereocenters. The lowest BCUT2D eigenvalue weighted by Gasteiger charge is -1.85. The summed E-state index contributed by atoms with van der Waals surface area (Å²) >= 11 is 0. The first-order chi connectivity index (χ1) is 5.33. The minimum Gasteiger partial charge on any atom is -0.481 e. The standard InChI is InChI=1S/C3H8O3S.C3H6O2/c1-2-3-7(4,5)6;1-2-3(4)5/h2-3H2,1H3,(H,4,5,6);2H2,1H3,(H,4,5). The van der Waals surface area contributed by atoms with Crippen molar-refractivity contribution in [2.24, 2.45) is 0 Å². The molecule has 0 aromatic heterocycles. The molecule has 0 unspecified atom stereocenters. The van der Waals surface area contributed by atoms with Gasteiger partial charge in [0.2, 0.25) is 0 Å². The van der Waals surface area contributed by atoms with E-state index in [1.807, 2.05) is 0 Å². The lowest BCUT2D eigenvalue weighted by atomic mass is 10.5. The predicted octanol–water partition coefficient (Wildman–Crippen LogP) is 0.765. The molecule has 0 bridgehead atoms. The van der Waals surface area contributed by atoms with Gasteiger partial charge in [-0.2, -0.15) is 8.42 Å². The molecule has 5 nitrogen and oxygen atoms in total. The Kier molecular flexibility index (Phi) is 8.19. The maximum atomic E-state index is 9.79. The number of rotatable bonds is 3. The minimum absolute atomic E-state index is 0.132. The molecule has 0 radical (unpaired) electrons. The average Bonchev–Trinajstić information content (AvgIpc) is 1.86. The van der Waals surface area contributed by atoms with Crippen LogP contribution in [0.4, 0.5) is 0 Å². The van der Waals surface area contributed by atoms with E-state index < -0.39 is 16.1 Å². The number of carboxylic acid groups (broad SMARTS) is 1. The summed E-state index contributed by atoms with van der Waals surface area (Å²) in [5, 5.41) is 7.72. The van der Waals surface area contributed by atoms with E-state index >= 15 is 0 Å². The van der Waals surface area contributed by atoms with Gasteiger partial charge in [-0.05, 0) is 6.42 Å². The van der Waals surface area contributed by atoms with E-state index in [1.165, 1.54) is 0 Å². The van der Waals surface area contributed by atoms with Crippen LogP contribution < -0.4 is 0 Å². The summed E-state index contributed by atoms with van der Waals surface area (Å²) in [5.74, 6) is -0.877. The topological polar surface area (TPSA) is 91.7 Å². The van der Waals surface area contributed by atoms with E-state index in [1.54, 1.807) is 13.8 Å². The van der Waals surface area contributed by atoms with E-state index in [-0.39, 0.29) is 12.2 Å². The monoisotopic (exact) mass is 198 g/mol. The quantitative estimate of drug-likeness (QED) is 0.653. The molecule has 0 aromatic rings. The third-order valence-corrected chi connectivity index (χ3v) is 1.69. The Balaban J connectivity index is 0. The van der Waals surface area contributed by atoms with E-state index in [0.717, 1.165) is 0 Å². The fraction of sp³-hybridized carbons (Fsp3) is 0.833. The van der Waals surface area contributed by atoms with Gasteiger partial charge in [0, 0.05) is 6.42 Å². The van der Waals surface area contributed by atoms with Crippen molar-refractivity contribution in [1.82, 2.24) is 0 Å². The van der Waals surface area contributed by atoms with Crippen LogP contribution in [0.25, 0.3) is 0 Å². The first-order valence-corrected chi connectivity index (χ1v) is 5.11. The van der Waals surface area contributed by atoms with Gasteiger partial charge in [0.05, 0.1) is 5.75 Å². The lowest BCUT2D eigenvalue weighted by molar-refractivity contribution is -0.136. The Morgan fingerprint density at radius 3 is 1.67 bits per heavy atom. The van der Waals surface area contributed by atoms with Crippen molar-refractivity contribution in [2.75, 3.05) is 5.75 Å². The molecule has 0 saturated heterocycles. The lowest BCUT2D eigenvalue weighted by Crippen LogP contribution is -2.01. The number of aliphatic carboxylic acids is 1. The molecule has 0 aromatic carbocycles. The van der Waals surface area contributed by atoms with Gasteiger partial charge in [0.1, 0.15) is 0 Å². The van der Waals surface area contributed by atoms with Gasteiger partial charge >= 0.3 is 5.97 Å². The van der Waals surface area contributed by atoms with Crippen LogP contribution in [0.15, 0.2) is 0 Å². The van der Waals surface area contributed by atoms with Crippen LogP contribution in [-0.2, 0) is 14.9 Å². The van der Waals surface area contributed by atoms with Crippen molar-refractivity contribution >= 4 is 16.1 Å². The maximum Gasteiger partial charge on any atom is 0.303 e. The highest BCUT2D eigenvalue weighted by atomic mass is 32.2. The van der Waals surface area contributed by atoms with Crippen LogP contribution >= 0.6 is 0 Å². The van der Waals surface area contributed by atoms with Gasteiger partial charge in [-0.1, -0.05) is 13.8 Å². The summed E-state index contributed by atoms with van der Waals surface area (Å²) in [7, 11) is -3.67. The largest absolute Gasteiger partial charge is 0.481 e. The summed E-state index contributed by atoms with van der Waals surface area (Å²) in [6.45, 7) is 3.29. The van der Waals surface area contributed by atoms with Crippen molar-refractivity contribution in [3.63, 3.8) is 0 Å². The van der Waals surface area contributed by atoms with Gasteiger partial charge in [-0.25, -0.2) is 0 Å². The second-order valence-corrected chi connectivity index (χ2v) is 3.61. The average molecular weight is 198 g/mol. The SMILES string of the molecule is CCC(=O)O.CCCS(=O)(=O)O. The molecule has 0 aliphatic rings. The molecule has 0 aliphatic carbocycles. The highest BCUT2D eigenvalue weighted by Gasteiger charge is 1.98. The number of hydrogen-bond donors (Lipinski definition) is 2. The molecular weight excluding hydrogens is 184 g/mol. The normalized spacial score (nSPS) is 9.92. The Labute approximate surface area is 72.2 Å². The summed E-state index contributed by atoms with van der Waals surface area (Å²) < 4.78 is 27.6. The zero-order valence-electron chi connectivity index (χ0n) is 7.15. The summed E-state index contributed by atoms with van der Waals surface area (Å²) in [6.07, 6.45) is 0.693. The van der Waals surface area contributed by atoms with Crippen LogP contribution in [0, 0.1) is 0 Å². The first-order valence-electron chi connectivity index (χ1n) is 3.50. The van der Waals surface area contributed by atoms with Crippen LogP contribution in [0.1, 0.15) is 26.7 Å². The first kappa shape index (κ1) is 13.9. The van der Waals surface area contributed by atoms with E-state index in [9.17, 15) is 13.2 Å². The predicted molar refractivity (Wildman–Crippen MR) is 44.6 cm³/mol. The molecule has 0 aliphatic heterocycles. The summed E-state index contributed by atoms with van der Waals surface area (Å²) in [6, 6.07) is 0. The van der Waals surface area contributed by atoms with Gasteiger partial charge in [0.15, 0.2) is 0 Å². The highest BCUT2D eigenvalue weighted by Crippen LogP contribution is 1.83. The molecule has 74 valence electrons. The Morgan fingerprint density at radius 2 is 1.67 bits per heavy atom. The Bertz CT molecular complexity index is 206. The zero-order chi connectivity index (χ0) is 10.2. The smallest absolute Gasteiger partial charge is 0.303 e. The summed E-state index contributed by atoms with van der Waals surface area (Å²) in [4.78, 5) is 9.37. The molecule has 0 heterocycles. The van der Waals surface area contributed by atoms with Gasteiger partial charge in [0.25, 0.3) is 10.1 Å². The van der Waals surface area contributed by atoms with Crippen LogP contribution in [0.5, 0.6) is 0 Å². The van der Waals surface area contributed by atoms with Crippen molar-refractivity contribution in [3.8, 4) is 0 Å². The number of carbonyl (C=O) groups is 1. The zero-order valence-corrected chi connectivity index (χ0v) is 7.97. The molecule has 0 rings (SSSR count). The maximum absolute atomic E-state index is 9.79. The van der Waals surface area contributed by atoms with Crippen molar-refractivity contribution in [2.45, 2.75) is 26.7 Å². The van der Waals surface area contributed by atoms with Gasteiger partial charge in [-0.3, -0.25) is 9.35 Å². The third kappa shape index (κ3) is 22.8. The highest BCUT2D eigenvalue weighted by molar-refractivity contribution is 7.85. The van der Waals surface area contributed by atoms with Crippen molar-refractivity contribution < 1.29 is 22.9 Å². The molecule has 0 saturated carbocycles. The van der Waals surface area contributed by atoms with E-state index in [0.29, 0.717) is 6.42 Å². The van der Waals surface area contributed by atoms with E-state index in [2.05, 4.69) is 0 Å². The third-order valence-electron chi connectivity index (χ3n) is 0.765. The molecule has 0 amide bonds. The second kappa shape index (κ2) is 7.05. The van der Waals surface area contributed by atoms with Crippen LogP contribution in [0.2, 0.25) is 0 Å². The second-order valence-electron chi connectivity index (χ2n) is 2.03. The minimum atomic E-state index is -3.67. The van der Waals surface area contributed by atoms with E-state index in [4.69, 9.17) is 9.66 Å². The van der Waals surface area contributed by atoms with Crippen molar-refractivity contribution in [3.05, 3.63) is 0 Å². The Hall–Kier alpha value is -0.620. The Morgan fingerprint density at radius 1 is 1.33 bits per heavy atom. The fourth-order valence-corrected chi connectivity index (χ4v) is 0.774. The van der Waals surface area contributed by atoms with Gasteiger partial charge < -0.3 is 5.11 Å². The molecule has 6 heteroatoms. The molecule has 12 heavy (non-hydrogen) atoms. The van der Waals surface area contributed by atoms with Crippen molar-refractivity contribution in [1.29, 1.82) is 0 Å². The van der Waals surface area contributed by atoms with Crippen LogP contribution in [-0.4, -0.2) is 29.8 Å². The van der Waals surface area contributed by atoms with Crippen LogP contribution in [0.3, 0.4) is 0 Å². The molecule has 2 N–H and O–H groups in total. The number of hydrogen-bond acceptors (Lipinski definition) is 3.